The summed E-state index contributed by atoms with van der Waals surface area (Å²) in [6.45, 7) is 2.82. The van der Waals surface area contributed by atoms with Crippen LogP contribution in [-0.2, 0) is 6.54 Å². The second-order valence-corrected chi connectivity index (χ2v) is 7.00. The van der Waals surface area contributed by atoms with Gasteiger partial charge < -0.3 is 15.0 Å². The number of amides is 1. The number of carbonyl (C=O) groups is 1. The highest BCUT2D eigenvalue weighted by atomic mass is 16.5. The molecule has 1 amide bonds. The average molecular weight is 377 g/mol. The van der Waals surface area contributed by atoms with Gasteiger partial charge in [0.25, 0.3) is 5.91 Å². The van der Waals surface area contributed by atoms with Crippen molar-refractivity contribution < 1.29 is 9.53 Å². The smallest absolute Gasteiger partial charge is 0.269 e. The first-order chi connectivity index (χ1) is 13.6. The van der Waals surface area contributed by atoms with Crippen LogP contribution in [0.5, 0.6) is 5.75 Å². The molecule has 144 valence electrons. The van der Waals surface area contributed by atoms with E-state index in [-0.39, 0.29) is 5.91 Å². The lowest BCUT2D eigenvalue weighted by atomic mass is 10.1. The summed E-state index contributed by atoms with van der Waals surface area (Å²) in [5, 5.41) is 7.41. The van der Waals surface area contributed by atoms with E-state index in [1.807, 2.05) is 56.6 Å². The van der Waals surface area contributed by atoms with Crippen molar-refractivity contribution in [3.63, 3.8) is 0 Å². The van der Waals surface area contributed by atoms with Crippen LogP contribution in [-0.4, -0.2) is 59.4 Å². The maximum Gasteiger partial charge on any atom is 0.269 e. The molecule has 0 radical (unpaired) electrons. The molecule has 4 rings (SSSR count). The first-order valence-corrected chi connectivity index (χ1v) is 9.30. The molecule has 0 unspecified atom stereocenters. The third kappa shape index (κ3) is 3.89. The predicted molar refractivity (Wildman–Crippen MR) is 107 cm³/mol. The molecule has 3 aromatic rings. The van der Waals surface area contributed by atoms with Crippen LogP contribution in [0.3, 0.4) is 0 Å². The summed E-state index contributed by atoms with van der Waals surface area (Å²) in [5.74, 6) is 0.763. The number of nitrogens with one attached hydrogen (secondary N) is 1. The molecule has 0 fully saturated rings. The fourth-order valence-electron chi connectivity index (χ4n) is 3.09. The van der Waals surface area contributed by atoms with Gasteiger partial charge in [-0.2, -0.15) is 5.10 Å². The Labute approximate surface area is 164 Å². The van der Waals surface area contributed by atoms with Crippen molar-refractivity contribution in [1.29, 1.82) is 0 Å². The summed E-state index contributed by atoms with van der Waals surface area (Å²) in [7, 11) is 4.04. The molecular formula is C21H23N5O2. The molecular weight excluding hydrogens is 354 g/mol. The maximum absolute atomic E-state index is 12.0. The van der Waals surface area contributed by atoms with Crippen molar-refractivity contribution in [2.45, 2.75) is 6.54 Å². The first-order valence-electron chi connectivity index (χ1n) is 9.30. The van der Waals surface area contributed by atoms with Gasteiger partial charge in [0.15, 0.2) is 0 Å². The number of likely N-dealkylation sites (N-methyl/N-ethyl adjacent to an activating group) is 1. The van der Waals surface area contributed by atoms with Gasteiger partial charge in [0.05, 0.1) is 17.9 Å². The minimum atomic E-state index is -0.0795. The molecule has 0 saturated heterocycles. The number of pyridine rings is 1. The SMILES string of the molecule is CN(C)CCOc1ccc(-c2cc(-c3cc4n(n3)CCNC4=O)ccn2)cc1. The first kappa shape index (κ1) is 18.2. The monoisotopic (exact) mass is 377 g/mol. The van der Waals surface area contributed by atoms with E-state index in [9.17, 15) is 4.79 Å². The van der Waals surface area contributed by atoms with Crippen LogP contribution >= 0.6 is 0 Å². The van der Waals surface area contributed by atoms with Crippen LogP contribution < -0.4 is 10.1 Å². The summed E-state index contributed by atoms with van der Waals surface area (Å²) >= 11 is 0. The minimum absolute atomic E-state index is 0.0795. The molecule has 0 spiro atoms. The fraction of sp³-hybridized carbons (Fsp3) is 0.286. The topological polar surface area (TPSA) is 72.3 Å². The molecule has 28 heavy (non-hydrogen) atoms. The normalized spacial score (nSPS) is 13.3. The Morgan fingerprint density at radius 3 is 2.68 bits per heavy atom. The third-order valence-electron chi connectivity index (χ3n) is 4.63. The molecule has 3 heterocycles. The Kier molecular flexibility index (Phi) is 5.08. The van der Waals surface area contributed by atoms with Gasteiger partial charge in [0.1, 0.15) is 18.1 Å². The van der Waals surface area contributed by atoms with E-state index in [4.69, 9.17) is 4.74 Å². The Morgan fingerprint density at radius 1 is 1.11 bits per heavy atom. The van der Waals surface area contributed by atoms with Crippen molar-refractivity contribution in [3.05, 3.63) is 54.4 Å². The number of hydrogen-bond donors (Lipinski definition) is 1. The zero-order valence-electron chi connectivity index (χ0n) is 16.1. The number of carbonyl (C=O) groups excluding carboxylic acids is 1. The lowest BCUT2D eigenvalue weighted by molar-refractivity contribution is 0.0924. The maximum atomic E-state index is 12.0. The van der Waals surface area contributed by atoms with E-state index < -0.39 is 0 Å². The van der Waals surface area contributed by atoms with Crippen LogP contribution in [0.25, 0.3) is 22.5 Å². The zero-order chi connectivity index (χ0) is 19.5. The number of fused-ring (bicyclic) bond motifs is 1. The molecule has 1 N–H and O–H groups in total. The number of benzene rings is 1. The van der Waals surface area contributed by atoms with Crippen LogP contribution in [0.4, 0.5) is 0 Å². The molecule has 1 aliphatic heterocycles. The molecule has 2 aromatic heterocycles. The second-order valence-electron chi connectivity index (χ2n) is 7.00. The number of rotatable bonds is 6. The van der Waals surface area contributed by atoms with E-state index in [1.165, 1.54) is 0 Å². The predicted octanol–water partition coefficient (Wildman–Crippen LogP) is 2.30. The summed E-state index contributed by atoms with van der Waals surface area (Å²) in [6, 6.07) is 13.7. The van der Waals surface area contributed by atoms with Gasteiger partial charge in [0, 0.05) is 30.4 Å². The Bertz CT molecular complexity index is 979. The lowest BCUT2D eigenvalue weighted by Crippen LogP contribution is -2.35. The van der Waals surface area contributed by atoms with Crippen molar-refractivity contribution in [3.8, 4) is 28.3 Å². The van der Waals surface area contributed by atoms with Crippen LogP contribution in [0.2, 0.25) is 0 Å². The summed E-state index contributed by atoms with van der Waals surface area (Å²) in [6.07, 6.45) is 1.77. The number of hydrogen-bond acceptors (Lipinski definition) is 5. The van der Waals surface area contributed by atoms with Crippen molar-refractivity contribution >= 4 is 5.91 Å². The molecule has 0 saturated carbocycles. The van der Waals surface area contributed by atoms with Gasteiger partial charge in [0.2, 0.25) is 0 Å². The Morgan fingerprint density at radius 2 is 1.93 bits per heavy atom. The molecule has 7 nitrogen and oxygen atoms in total. The van der Waals surface area contributed by atoms with Gasteiger partial charge in [-0.05, 0) is 56.6 Å². The number of aromatic nitrogens is 3. The molecule has 0 atom stereocenters. The lowest BCUT2D eigenvalue weighted by Gasteiger charge is -2.13. The summed E-state index contributed by atoms with van der Waals surface area (Å²) < 4.78 is 7.50. The van der Waals surface area contributed by atoms with Crippen molar-refractivity contribution in [2.75, 3.05) is 33.8 Å². The van der Waals surface area contributed by atoms with Crippen LogP contribution in [0, 0.1) is 0 Å². The molecule has 0 aliphatic carbocycles. The third-order valence-corrected chi connectivity index (χ3v) is 4.63. The largest absolute Gasteiger partial charge is 0.492 e. The Hall–Kier alpha value is -3.19. The molecule has 0 bridgehead atoms. The van der Waals surface area contributed by atoms with E-state index in [1.54, 1.807) is 10.9 Å². The highest BCUT2D eigenvalue weighted by molar-refractivity contribution is 5.94. The Balaban J connectivity index is 1.53. The van der Waals surface area contributed by atoms with E-state index in [2.05, 4.69) is 20.3 Å². The highest BCUT2D eigenvalue weighted by Gasteiger charge is 2.19. The minimum Gasteiger partial charge on any atom is -0.492 e. The highest BCUT2D eigenvalue weighted by Crippen LogP contribution is 2.26. The van der Waals surface area contributed by atoms with E-state index in [0.717, 1.165) is 34.8 Å². The molecule has 1 aromatic carbocycles. The summed E-state index contributed by atoms with van der Waals surface area (Å²) in [5.41, 5.74) is 4.17. The fourth-order valence-corrected chi connectivity index (χ4v) is 3.09. The van der Waals surface area contributed by atoms with Gasteiger partial charge in [-0.1, -0.05) is 0 Å². The molecule has 7 heteroatoms. The van der Waals surface area contributed by atoms with E-state index >= 15 is 0 Å². The average Bonchev–Trinajstić information content (AvgIpc) is 3.14. The van der Waals surface area contributed by atoms with Gasteiger partial charge in [-0.3, -0.25) is 14.5 Å². The standard InChI is InChI=1S/C21H23N5O2/c1-25(2)11-12-28-17-5-3-15(4-6-17)18-13-16(7-8-22-18)19-14-20-21(27)23-9-10-26(20)24-19/h3-8,13-14H,9-12H2,1-2H3,(H,23,27). The number of nitrogens with zero attached hydrogens (tertiary/aromatic N) is 4. The van der Waals surface area contributed by atoms with Crippen LogP contribution in [0.15, 0.2) is 48.7 Å². The van der Waals surface area contributed by atoms with Crippen molar-refractivity contribution in [2.24, 2.45) is 0 Å². The van der Waals surface area contributed by atoms with Gasteiger partial charge in [-0.25, -0.2) is 0 Å². The second kappa shape index (κ2) is 7.82. The summed E-state index contributed by atoms with van der Waals surface area (Å²) in [4.78, 5) is 18.5. The van der Waals surface area contributed by atoms with E-state index in [0.29, 0.717) is 25.4 Å². The van der Waals surface area contributed by atoms with Crippen molar-refractivity contribution in [1.82, 2.24) is 25.0 Å². The van der Waals surface area contributed by atoms with Gasteiger partial charge >= 0.3 is 0 Å². The zero-order valence-corrected chi connectivity index (χ0v) is 16.1. The van der Waals surface area contributed by atoms with Gasteiger partial charge in [-0.15, -0.1) is 0 Å². The molecule has 1 aliphatic rings. The quantitative estimate of drug-likeness (QED) is 0.714. The number of ether oxygens (including phenoxy) is 1. The van der Waals surface area contributed by atoms with Crippen LogP contribution in [0.1, 0.15) is 10.5 Å².